The molecule has 0 bridgehead atoms. The van der Waals surface area contributed by atoms with Crippen LogP contribution in [-0.4, -0.2) is 6.61 Å². The van der Waals surface area contributed by atoms with E-state index in [9.17, 15) is 0 Å². The Balaban J connectivity index is 2.01. The van der Waals surface area contributed by atoms with Gasteiger partial charge in [-0.05, 0) is 54.3 Å². The van der Waals surface area contributed by atoms with Crippen molar-refractivity contribution in [3.05, 3.63) is 63.1 Å². The first-order valence-electron chi connectivity index (χ1n) is 6.84. The van der Waals surface area contributed by atoms with Gasteiger partial charge in [-0.25, -0.2) is 0 Å². The molecule has 0 atom stereocenters. The summed E-state index contributed by atoms with van der Waals surface area (Å²) in [7, 11) is 0. The van der Waals surface area contributed by atoms with E-state index >= 15 is 0 Å². The van der Waals surface area contributed by atoms with Crippen LogP contribution in [0.4, 0.5) is 0 Å². The first-order valence-corrected chi connectivity index (χ1v) is 8.02. The van der Waals surface area contributed by atoms with Gasteiger partial charge in [-0.15, -0.1) is 0 Å². The van der Waals surface area contributed by atoms with Gasteiger partial charge in [-0.1, -0.05) is 53.0 Å². The quantitative estimate of drug-likeness (QED) is 0.590. The van der Waals surface area contributed by atoms with Crippen molar-refractivity contribution in [3.63, 3.8) is 0 Å². The van der Waals surface area contributed by atoms with Crippen LogP contribution >= 0.6 is 27.5 Å². The van der Waals surface area contributed by atoms with Crippen molar-refractivity contribution in [3.8, 4) is 5.75 Å². The number of hydrogen-bond acceptors (Lipinski definition) is 1. The number of benzene rings is 2. The van der Waals surface area contributed by atoms with Gasteiger partial charge in [0.25, 0.3) is 0 Å². The summed E-state index contributed by atoms with van der Waals surface area (Å²) in [5, 5.41) is 0.802. The van der Waals surface area contributed by atoms with E-state index in [1.165, 1.54) is 5.56 Å². The van der Waals surface area contributed by atoms with E-state index in [0.29, 0.717) is 0 Å². The van der Waals surface area contributed by atoms with Crippen LogP contribution in [0.1, 0.15) is 30.9 Å². The highest BCUT2D eigenvalue weighted by atomic mass is 79.9. The van der Waals surface area contributed by atoms with E-state index in [-0.39, 0.29) is 0 Å². The highest BCUT2D eigenvalue weighted by Crippen LogP contribution is 2.24. The number of halogens is 2. The van der Waals surface area contributed by atoms with Crippen LogP contribution in [0.15, 0.2) is 46.9 Å². The predicted octanol–water partition coefficient (Wildman–Crippen LogP) is 5.87. The molecule has 0 aliphatic rings. The lowest BCUT2D eigenvalue weighted by Crippen LogP contribution is -1.96. The van der Waals surface area contributed by atoms with E-state index in [0.717, 1.165) is 46.7 Å². The van der Waals surface area contributed by atoms with Gasteiger partial charge in [0.15, 0.2) is 0 Å². The minimum absolute atomic E-state index is 0.785. The lowest BCUT2D eigenvalue weighted by Gasteiger charge is -2.08. The van der Waals surface area contributed by atoms with Crippen LogP contribution in [-0.2, 0) is 6.42 Å². The molecule has 20 heavy (non-hydrogen) atoms. The lowest BCUT2D eigenvalue weighted by atomic mass is 10.1. The third kappa shape index (κ3) is 4.53. The van der Waals surface area contributed by atoms with Crippen molar-refractivity contribution in [2.75, 3.05) is 6.61 Å². The third-order valence-electron chi connectivity index (χ3n) is 3.09. The summed E-state index contributed by atoms with van der Waals surface area (Å²) >= 11 is 9.69. The molecule has 0 heterocycles. The second-order valence-electron chi connectivity index (χ2n) is 4.76. The van der Waals surface area contributed by atoms with Gasteiger partial charge in [0.1, 0.15) is 5.75 Å². The van der Waals surface area contributed by atoms with Crippen LogP contribution in [0, 0.1) is 0 Å². The summed E-state index contributed by atoms with van der Waals surface area (Å²) in [6, 6.07) is 14.2. The Labute approximate surface area is 134 Å². The Morgan fingerprint density at radius 3 is 2.55 bits per heavy atom. The molecule has 0 fully saturated rings. The Morgan fingerprint density at radius 1 is 1.10 bits per heavy atom. The maximum absolute atomic E-state index is 6.22. The molecule has 0 saturated carbocycles. The first kappa shape index (κ1) is 15.4. The summed E-state index contributed by atoms with van der Waals surface area (Å²) in [6.07, 6.45) is 3.07. The molecule has 2 aromatic rings. The standard InChI is InChI=1S/C17H18BrClO/c1-2-3-10-20-16-7-4-13(5-8-16)11-14-12-15(18)6-9-17(14)19/h4-9,12H,2-3,10-11H2,1H3. The Bertz CT molecular complexity index is 551. The van der Waals surface area contributed by atoms with Gasteiger partial charge in [0.05, 0.1) is 6.61 Å². The van der Waals surface area contributed by atoms with Gasteiger partial charge < -0.3 is 4.74 Å². The Morgan fingerprint density at radius 2 is 1.85 bits per heavy atom. The molecule has 0 aliphatic carbocycles. The van der Waals surface area contributed by atoms with Crippen LogP contribution < -0.4 is 4.74 Å². The second kappa shape index (κ2) is 7.70. The average Bonchev–Trinajstić information content (AvgIpc) is 2.45. The zero-order valence-corrected chi connectivity index (χ0v) is 13.9. The minimum Gasteiger partial charge on any atom is -0.494 e. The largest absolute Gasteiger partial charge is 0.494 e. The van der Waals surface area contributed by atoms with Crippen LogP contribution in [0.25, 0.3) is 0 Å². The molecular weight excluding hydrogens is 336 g/mol. The van der Waals surface area contributed by atoms with Crippen LogP contribution in [0.5, 0.6) is 5.75 Å². The summed E-state index contributed by atoms with van der Waals surface area (Å²) in [5.74, 6) is 0.933. The molecule has 3 heteroatoms. The molecule has 0 spiro atoms. The van der Waals surface area contributed by atoms with Crippen molar-refractivity contribution in [1.29, 1.82) is 0 Å². The maximum Gasteiger partial charge on any atom is 0.119 e. The third-order valence-corrected chi connectivity index (χ3v) is 3.95. The zero-order valence-electron chi connectivity index (χ0n) is 11.5. The van der Waals surface area contributed by atoms with E-state index in [2.05, 4.69) is 41.1 Å². The van der Waals surface area contributed by atoms with E-state index < -0.39 is 0 Å². The summed E-state index contributed by atoms with van der Waals surface area (Å²) in [5.41, 5.74) is 2.36. The Hall–Kier alpha value is -0.990. The van der Waals surface area contributed by atoms with Gasteiger partial charge in [0.2, 0.25) is 0 Å². The molecular formula is C17H18BrClO. The summed E-state index contributed by atoms with van der Waals surface area (Å²) < 4.78 is 6.71. The smallest absolute Gasteiger partial charge is 0.119 e. The van der Waals surface area contributed by atoms with Gasteiger partial charge >= 0.3 is 0 Å². The lowest BCUT2D eigenvalue weighted by molar-refractivity contribution is 0.309. The molecule has 0 unspecified atom stereocenters. The maximum atomic E-state index is 6.22. The number of hydrogen-bond donors (Lipinski definition) is 0. The average molecular weight is 354 g/mol. The molecule has 2 aromatic carbocycles. The fourth-order valence-electron chi connectivity index (χ4n) is 1.94. The van der Waals surface area contributed by atoms with Crippen molar-refractivity contribution < 1.29 is 4.74 Å². The Kier molecular flexibility index (Phi) is 5.93. The van der Waals surface area contributed by atoms with Crippen molar-refractivity contribution in [2.45, 2.75) is 26.2 Å². The highest BCUT2D eigenvalue weighted by molar-refractivity contribution is 9.10. The van der Waals surface area contributed by atoms with Crippen LogP contribution in [0.2, 0.25) is 5.02 Å². The monoisotopic (exact) mass is 352 g/mol. The van der Waals surface area contributed by atoms with Gasteiger partial charge in [0, 0.05) is 9.50 Å². The SMILES string of the molecule is CCCCOc1ccc(Cc2cc(Br)ccc2Cl)cc1. The van der Waals surface area contributed by atoms with E-state index in [1.807, 2.05) is 24.3 Å². The van der Waals surface area contributed by atoms with Gasteiger partial charge in [-0.3, -0.25) is 0 Å². The first-order chi connectivity index (χ1) is 9.69. The van der Waals surface area contributed by atoms with Crippen molar-refractivity contribution in [1.82, 2.24) is 0 Å². The fraction of sp³-hybridized carbons (Fsp3) is 0.294. The minimum atomic E-state index is 0.785. The molecule has 0 saturated heterocycles. The number of ether oxygens (including phenoxy) is 1. The topological polar surface area (TPSA) is 9.23 Å². The molecule has 0 amide bonds. The van der Waals surface area contributed by atoms with E-state index in [4.69, 9.17) is 16.3 Å². The molecule has 106 valence electrons. The summed E-state index contributed by atoms with van der Waals surface area (Å²) in [6.45, 7) is 2.95. The molecule has 2 rings (SSSR count). The van der Waals surface area contributed by atoms with E-state index in [1.54, 1.807) is 0 Å². The number of rotatable bonds is 6. The zero-order chi connectivity index (χ0) is 14.4. The molecule has 0 N–H and O–H groups in total. The molecule has 0 aliphatic heterocycles. The fourth-order valence-corrected chi connectivity index (χ4v) is 2.53. The van der Waals surface area contributed by atoms with Gasteiger partial charge in [-0.2, -0.15) is 0 Å². The molecule has 0 aromatic heterocycles. The molecule has 0 radical (unpaired) electrons. The normalized spacial score (nSPS) is 10.6. The summed E-state index contributed by atoms with van der Waals surface area (Å²) in [4.78, 5) is 0. The van der Waals surface area contributed by atoms with Crippen molar-refractivity contribution in [2.24, 2.45) is 0 Å². The second-order valence-corrected chi connectivity index (χ2v) is 6.08. The molecule has 1 nitrogen and oxygen atoms in total. The number of unbranched alkanes of at least 4 members (excludes halogenated alkanes) is 1. The highest BCUT2D eigenvalue weighted by Gasteiger charge is 2.03. The van der Waals surface area contributed by atoms with Crippen molar-refractivity contribution >= 4 is 27.5 Å². The predicted molar refractivity (Wildman–Crippen MR) is 88.8 cm³/mol. The van der Waals surface area contributed by atoms with Crippen LogP contribution in [0.3, 0.4) is 0 Å².